The average Bonchev–Trinajstić information content (AvgIpc) is 2.87. The van der Waals surface area contributed by atoms with Crippen molar-refractivity contribution in [1.82, 2.24) is 5.01 Å². The molecular weight excluding hydrogens is 340 g/mol. The third kappa shape index (κ3) is 2.57. The van der Waals surface area contributed by atoms with E-state index in [4.69, 9.17) is 4.74 Å². The lowest BCUT2D eigenvalue weighted by Crippen LogP contribution is -2.49. The number of imide groups is 1. The van der Waals surface area contributed by atoms with Crippen molar-refractivity contribution >= 4 is 29.4 Å². The van der Waals surface area contributed by atoms with Crippen molar-refractivity contribution < 1.29 is 29.0 Å². The molecule has 1 heterocycles. The molecule has 8 nitrogen and oxygen atoms in total. The van der Waals surface area contributed by atoms with Crippen LogP contribution in [0.4, 0.5) is 5.69 Å². The fraction of sp³-hybridized carbons (Fsp3) is 0.111. The molecule has 2 aromatic carbocycles. The van der Waals surface area contributed by atoms with Gasteiger partial charge in [0.1, 0.15) is 11.3 Å². The van der Waals surface area contributed by atoms with Crippen LogP contribution in [0.1, 0.15) is 38.0 Å². The van der Waals surface area contributed by atoms with E-state index >= 15 is 0 Å². The number of hydrazine groups is 1. The standard InChI is InChI=1S/C18H14N2O6/c1-10(21)19(11-7-8-15(26-2)14(9-11)18(24)25)20-16(22)12-5-3-4-6-13(12)17(20)23/h3-9H,1-2H3,(H,24,25). The molecule has 0 aromatic heterocycles. The highest BCUT2D eigenvalue weighted by Gasteiger charge is 2.41. The lowest BCUT2D eigenvalue weighted by atomic mass is 10.1. The number of carbonyl (C=O) groups excluding carboxylic acids is 3. The average molecular weight is 354 g/mol. The Labute approximate surface area is 148 Å². The van der Waals surface area contributed by atoms with E-state index in [1.54, 1.807) is 12.1 Å². The van der Waals surface area contributed by atoms with Gasteiger partial charge in [0.05, 0.1) is 23.9 Å². The number of rotatable bonds is 4. The fourth-order valence-corrected chi connectivity index (χ4v) is 2.79. The Hall–Kier alpha value is -3.68. The van der Waals surface area contributed by atoms with Crippen LogP contribution >= 0.6 is 0 Å². The van der Waals surface area contributed by atoms with Crippen molar-refractivity contribution in [2.75, 3.05) is 12.1 Å². The number of benzene rings is 2. The summed E-state index contributed by atoms with van der Waals surface area (Å²) < 4.78 is 4.99. The molecule has 26 heavy (non-hydrogen) atoms. The number of ether oxygens (including phenoxy) is 1. The maximum Gasteiger partial charge on any atom is 0.339 e. The zero-order valence-corrected chi connectivity index (χ0v) is 13.9. The number of hydrogen-bond acceptors (Lipinski definition) is 5. The van der Waals surface area contributed by atoms with Crippen molar-refractivity contribution in [3.05, 3.63) is 59.2 Å². The van der Waals surface area contributed by atoms with Crippen molar-refractivity contribution in [3.63, 3.8) is 0 Å². The number of carbonyl (C=O) groups is 4. The van der Waals surface area contributed by atoms with Gasteiger partial charge in [-0.3, -0.25) is 14.4 Å². The van der Waals surface area contributed by atoms with Gasteiger partial charge in [-0.15, -0.1) is 0 Å². The van der Waals surface area contributed by atoms with Gasteiger partial charge in [-0.25, -0.2) is 9.80 Å². The molecular formula is C18H14N2O6. The molecule has 1 N–H and O–H groups in total. The highest BCUT2D eigenvalue weighted by atomic mass is 16.5. The molecule has 0 fully saturated rings. The molecule has 0 aliphatic carbocycles. The molecule has 1 aliphatic heterocycles. The normalized spacial score (nSPS) is 12.8. The first-order valence-electron chi connectivity index (χ1n) is 7.56. The number of anilines is 1. The number of carboxylic acids is 1. The summed E-state index contributed by atoms with van der Waals surface area (Å²) in [7, 11) is 1.31. The van der Waals surface area contributed by atoms with E-state index in [2.05, 4.69) is 0 Å². The molecule has 132 valence electrons. The van der Waals surface area contributed by atoms with Crippen LogP contribution in [0.25, 0.3) is 0 Å². The van der Waals surface area contributed by atoms with Crippen LogP contribution in [-0.2, 0) is 4.79 Å². The van der Waals surface area contributed by atoms with Crippen LogP contribution in [0.5, 0.6) is 5.75 Å². The number of methoxy groups -OCH3 is 1. The van der Waals surface area contributed by atoms with Crippen molar-refractivity contribution in [2.45, 2.75) is 6.92 Å². The summed E-state index contributed by atoms with van der Waals surface area (Å²) in [6.07, 6.45) is 0. The maximum absolute atomic E-state index is 12.6. The summed E-state index contributed by atoms with van der Waals surface area (Å²) >= 11 is 0. The second kappa shape index (κ2) is 6.32. The maximum atomic E-state index is 12.6. The topological polar surface area (TPSA) is 104 Å². The Morgan fingerprint density at radius 3 is 2.08 bits per heavy atom. The first kappa shape index (κ1) is 17.2. The second-order valence-electron chi connectivity index (χ2n) is 5.49. The van der Waals surface area contributed by atoms with E-state index in [0.29, 0.717) is 5.01 Å². The lowest BCUT2D eigenvalue weighted by Gasteiger charge is -2.29. The molecule has 0 saturated carbocycles. The minimum absolute atomic E-state index is 0.0604. The van der Waals surface area contributed by atoms with Gasteiger partial charge in [0.25, 0.3) is 11.8 Å². The SMILES string of the molecule is COc1ccc(N(C(C)=O)N2C(=O)c3ccccc3C2=O)cc1C(=O)O. The van der Waals surface area contributed by atoms with E-state index in [0.717, 1.165) is 5.01 Å². The molecule has 0 radical (unpaired) electrons. The summed E-state index contributed by atoms with van der Waals surface area (Å²) in [5.74, 6) is -3.12. The smallest absolute Gasteiger partial charge is 0.339 e. The van der Waals surface area contributed by atoms with Crippen molar-refractivity contribution in [2.24, 2.45) is 0 Å². The summed E-state index contributed by atoms with van der Waals surface area (Å²) in [5.41, 5.74) is 0.213. The quantitative estimate of drug-likeness (QED) is 0.842. The van der Waals surface area contributed by atoms with E-state index in [1.807, 2.05) is 0 Å². The molecule has 0 spiro atoms. The third-order valence-corrected chi connectivity index (χ3v) is 3.93. The molecule has 0 bridgehead atoms. The highest BCUT2D eigenvalue weighted by Crippen LogP contribution is 2.30. The zero-order valence-electron chi connectivity index (χ0n) is 13.9. The Kier molecular flexibility index (Phi) is 4.17. The van der Waals surface area contributed by atoms with Crippen LogP contribution in [0.3, 0.4) is 0 Å². The number of hydrogen-bond donors (Lipinski definition) is 1. The van der Waals surface area contributed by atoms with Crippen LogP contribution in [-0.4, -0.2) is 40.9 Å². The number of carboxylic acid groups (broad SMARTS) is 1. The zero-order chi connectivity index (χ0) is 19.0. The second-order valence-corrected chi connectivity index (χ2v) is 5.49. The molecule has 0 saturated heterocycles. The summed E-state index contributed by atoms with van der Waals surface area (Å²) in [6.45, 7) is 1.17. The number of fused-ring (bicyclic) bond motifs is 1. The summed E-state index contributed by atoms with van der Waals surface area (Å²) in [4.78, 5) is 48.9. The van der Waals surface area contributed by atoms with Gasteiger partial charge in [-0.1, -0.05) is 12.1 Å². The van der Waals surface area contributed by atoms with E-state index in [9.17, 15) is 24.3 Å². The first-order chi connectivity index (χ1) is 12.4. The Morgan fingerprint density at radius 2 is 1.62 bits per heavy atom. The summed E-state index contributed by atoms with van der Waals surface area (Å²) in [6, 6.07) is 10.1. The first-order valence-corrected chi connectivity index (χ1v) is 7.56. The Morgan fingerprint density at radius 1 is 1.04 bits per heavy atom. The molecule has 0 atom stereocenters. The van der Waals surface area contributed by atoms with Crippen LogP contribution in [0, 0.1) is 0 Å². The largest absolute Gasteiger partial charge is 0.496 e. The van der Waals surface area contributed by atoms with Crippen LogP contribution in [0.15, 0.2) is 42.5 Å². The van der Waals surface area contributed by atoms with Crippen LogP contribution in [0.2, 0.25) is 0 Å². The molecule has 0 unspecified atom stereocenters. The van der Waals surface area contributed by atoms with E-state index in [1.165, 1.54) is 44.4 Å². The van der Waals surface area contributed by atoms with Gasteiger partial charge in [0.15, 0.2) is 0 Å². The van der Waals surface area contributed by atoms with Gasteiger partial charge in [-0.2, -0.15) is 5.01 Å². The van der Waals surface area contributed by atoms with Gasteiger partial charge in [0, 0.05) is 6.92 Å². The number of nitrogens with zero attached hydrogens (tertiary/aromatic N) is 2. The highest BCUT2D eigenvalue weighted by molar-refractivity contribution is 6.24. The molecule has 2 aromatic rings. The minimum Gasteiger partial charge on any atom is -0.496 e. The molecule has 3 amide bonds. The Balaban J connectivity index is 2.11. The third-order valence-electron chi connectivity index (χ3n) is 3.93. The van der Waals surface area contributed by atoms with E-state index < -0.39 is 23.7 Å². The van der Waals surface area contributed by atoms with Gasteiger partial charge in [0.2, 0.25) is 5.91 Å². The molecule has 1 aliphatic rings. The number of amides is 3. The monoisotopic (exact) mass is 354 g/mol. The minimum atomic E-state index is -1.27. The Bertz CT molecular complexity index is 917. The van der Waals surface area contributed by atoms with Gasteiger partial charge in [-0.05, 0) is 30.3 Å². The molecule has 8 heteroatoms. The number of aromatic carboxylic acids is 1. The summed E-state index contributed by atoms with van der Waals surface area (Å²) in [5, 5.41) is 10.9. The lowest BCUT2D eigenvalue weighted by molar-refractivity contribution is -0.118. The predicted molar refractivity (Wildman–Crippen MR) is 90.1 cm³/mol. The predicted octanol–water partition coefficient (Wildman–Crippen LogP) is 1.96. The van der Waals surface area contributed by atoms with Gasteiger partial charge >= 0.3 is 5.97 Å². The molecule has 3 rings (SSSR count). The van der Waals surface area contributed by atoms with E-state index in [-0.39, 0.29) is 28.1 Å². The fourth-order valence-electron chi connectivity index (χ4n) is 2.79. The van der Waals surface area contributed by atoms with Gasteiger partial charge < -0.3 is 9.84 Å². The van der Waals surface area contributed by atoms with Crippen molar-refractivity contribution in [1.29, 1.82) is 0 Å². The van der Waals surface area contributed by atoms with Crippen molar-refractivity contribution in [3.8, 4) is 5.75 Å². The van der Waals surface area contributed by atoms with Crippen LogP contribution < -0.4 is 9.75 Å².